The number of nitrogens with zero attached hydrogens (tertiary/aromatic N) is 1. The lowest BCUT2D eigenvalue weighted by Gasteiger charge is -2.19. The molecule has 1 aromatic carbocycles. The van der Waals surface area contributed by atoms with Gasteiger partial charge in [0.05, 0.1) is 11.8 Å². The summed E-state index contributed by atoms with van der Waals surface area (Å²) in [5.41, 5.74) is 8.12. The van der Waals surface area contributed by atoms with Crippen LogP contribution in [0.3, 0.4) is 0 Å². The fourth-order valence-electron chi connectivity index (χ4n) is 2.02. The van der Waals surface area contributed by atoms with Crippen molar-refractivity contribution in [2.75, 3.05) is 6.54 Å². The third kappa shape index (κ3) is 4.74. The fourth-order valence-corrected chi connectivity index (χ4v) is 2.02. The predicted molar refractivity (Wildman–Crippen MR) is 80.1 cm³/mol. The number of nitrogens with one attached hydrogen (secondary N) is 1. The highest BCUT2D eigenvalue weighted by atomic mass is 16.3. The lowest BCUT2D eigenvalue weighted by molar-refractivity contribution is 0.141. The standard InChI is InChI=1S/C16H21N3O/c17-15(10-13-6-2-1-3-7-13)16(20)12-18-11-14-8-4-5-9-19-14/h1-9,15-16,18,20H,10-12,17H2/t15?,16-/m0/s1. The van der Waals surface area contributed by atoms with Crippen LogP contribution in [0.15, 0.2) is 54.7 Å². The lowest BCUT2D eigenvalue weighted by Crippen LogP contribution is -2.43. The maximum Gasteiger partial charge on any atom is 0.0818 e. The smallest absolute Gasteiger partial charge is 0.0818 e. The van der Waals surface area contributed by atoms with Gasteiger partial charge in [0.1, 0.15) is 0 Å². The highest BCUT2D eigenvalue weighted by Gasteiger charge is 2.14. The fraction of sp³-hybridized carbons (Fsp3) is 0.312. The molecule has 1 heterocycles. The molecular weight excluding hydrogens is 250 g/mol. The Morgan fingerprint density at radius 1 is 1.10 bits per heavy atom. The Balaban J connectivity index is 1.73. The van der Waals surface area contributed by atoms with Crippen molar-refractivity contribution in [1.29, 1.82) is 0 Å². The molecule has 0 aliphatic heterocycles. The number of nitrogens with two attached hydrogens (primary N) is 1. The van der Waals surface area contributed by atoms with Gasteiger partial charge in [-0.2, -0.15) is 0 Å². The third-order valence-electron chi connectivity index (χ3n) is 3.19. The Kier molecular flexibility index (Phi) is 5.68. The van der Waals surface area contributed by atoms with Gasteiger partial charge in [0, 0.05) is 25.3 Å². The molecule has 0 amide bonds. The second kappa shape index (κ2) is 7.75. The van der Waals surface area contributed by atoms with E-state index < -0.39 is 6.10 Å². The molecule has 0 radical (unpaired) electrons. The molecule has 0 spiro atoms. The average molecular weight is 271 g/mol. The van der Waals surface area contributed by atoms with Crippen LogP contribution >= 0.6 is 0 Å². The van der Waals surface area contributed by atoms with E-state index in [4.69, 9.17) is 5.73 Å². The molecule has 0 aliphatic carbocycles. The quantitative estimate of drug-likeness (QED) is 0.705. The van der Waals surface area contributed by atoms with Crippen molar-refractivity contribution in [1.82, 2.24) is 10.3 Å². The maximum atomic E-state index is 10.0. The summed E-state index contributed by atoms with van der Waals surface area (Å²) in [6.07, 6.45) is 1.86. The molecule has 1 aromatic heterocycles. The minimum absolute atomic E-state index is 0.270. The average Bonchev–Trinajstić information content (AvgIpc) is 2.49. The molecule has 106 valence electrons. The SMILES string of the molecule is NC(Cc1ccccc1)[C@@H](O)CNCc1ccccn1. The molecule has 2 aromatic rings. The van der Waals surface area contributed by atoms with Crippen LogP contribution in [-0.4, -0.2) is 28.8 Å². The number of aromatic nitrogens is 1. The van der Waals surface area contributed by atoms with Gasteiger partial charge in [-0.3, -0.25) is 4.98 Å². The van der Waals surface area contributed by atoms with E-state index in [0.29, 0.717) is 19.5 Å². The molecular formula is C16H21N3O. The van der Waals surface area contributed by atoms with Crippen LogP contribution in [0, 0.1) is 0 Å². The maximum absolute atomic E-state index is 10.0. The van der Waals surface area contributed by atoms with Crippen LogP contribution in [0.25, 0.3) is 0 Å². The summed E-state index contributed by atoms with van der Waals surface area (Å²) in [7, 11) is 0. The van der Waals surface area contributed by atoms with Gasteiger partial charge in [-0.1, -0.05) is 36.4 Å². The van der Waals surface area contributed by atoms with Crippen LogP contribution in [0.4, 0.5) is 0 Å². The van der Waals surface area contributed by atoms with E-state index in [1.165, 1.54) is 0 Å². The Hall–Kier alpha value is -1.75. The summed E-state index contributed by atoms with van der Waals surface area (Å²) in [5, 5.41) is 13.2. The van der Waals surface area contributed by atoms with Crippen molar-refractivity contribution in [2.24, 2.45) is 5.73 Å². The number of pyridine rings is 1. The Labute approximate surface area is 119 Å². The van der Waals surface area contributed by atoms with Crippen LogP contribution < -0.4 is 11.1 Å². The monoisotopic (exact) mass is 271 g/mol. The van der Waals surface area contributed by atoms with Crippen molar-refractivity contribution in [3.05, 3.63) is 66.0 Å². The molecule has 4 N–H and O–H groups in total. The van der Waals surface area contributed by atoms with Gasteiger partial charge < -0.3 is 16.2 Å². The lowest BCUT2D eigenvalue weighted by atomic mass is 10.0. The Morgan fingerprint density at radius 3 is 2.55 bits per heavy atom. The molecule has 0 saturated carbocycles. The van der Waals surface area contributed by atoms with E-state index in [1.54, 1.807) is 6.20 Å². The molecule has 2 atom stereocenters. The summed E-state index contributed by atoms with van der Waals surface area (Å²) in [6.45, 7) is 1.10. The summed E-state index contributed by atoms with van der Waals surface area (Å²) >= 11 is 0. The first-order valence-electron chi connectivity index (χ1n) is 6.84. The summed E-state index contributed by atoms with van der Waals surface area (Å²) in [6, 6.07) is 15.5. The normalized spacial score (nSPS) is 13.9. The molecule has 0 fully saturated rings. The summed E-state index contributed by atoms with van der Waals surface area (Å²) < 4.78 is 0. The summed E-state index contributed by atoms with van der Waals surface area (Å²) in [4.78, 5) is 4.21. The molecule has 4 nitrogen and oxygen atoms in total. The van der Waals surface area contributed by atoms with Gasteiger partial charge in [-0.25, -0.2) is 0 Å². The highest BCUT2D eigenvalue weighted by molar-refractivity contribution is 5.16. The van der Waals surface area contributed by atoms with Gasteiger partial charge in [-0.05, 0) is 24.1 Å². The van der Waals surface area contributed by atoms with E-state index in [1.807, 2.05) is 48.5 Å². The zero-order chi connectivity index (χ0) is 14.2. The Morgan fingerprint density at radius 2 is 1.85 bits per heavy atom. The molecule has 1 unspecified atom stereocenters. The van der Waals surface area contributed by atoms with Crippen LogP contribution in [0.2, 0.25) is 0 Å². The van der Waals surface area contributed by atoms with Crippen molar-refractivity contribution in [2.45, 2.75) is 25.1 Å². The van der Waals surface area contributed by atoms with Crippen LogP contribution in [0.1, 0.15) is 11.3 Å². The predicted octanol–water partition coefficient (Wildman–Crippen LogP) is 1.10. The number of hydrogen-bond acceptors (Lipinski definition) is 4. The van der Waals surface area contributed by atoms with E-state index >= 15 is 0 Å². The largest absolute Gasteiger partial charge is 0.390 e. The first kappa shape index (κ1) is 14.7. The minimum Gasteiger partial charge on any atom is -0.390 e. The molecule has 4 heteroatoms. The Bertz CT molecular complexity index is 490. The van der Waals surface area contributed by atoms with Gasteiger partial charge >= 0.3 is 0 Å². The van der Waals surface area contributed by atoms with Gasteiger partial charge in [0.15, 0.2) is 0 Å². The van der Waals surface area contributed by atoms with Gasteiger partial charge in [0.25, 0.3) is 0 Å². The van der Waals surface area contributed by atoms with E-state index in [0.717, 1.165) is 11.3 Å². The van der Waals surface area contributed by atoms with E-state index in [2.05, 4.69) is 10.3 Å². The van der Waals surface area contributed by atoms with E-state index in [-0.39, 0.29) is 6.04 Å². The first-order valence-corrected chi connectivity index (χ1v) is 6.84. The topological polar surface area (TPSA) is 71.2 Å². The second-order valence-corrected chi connectivity index (χ2v) is 4.87. The number of rotatable bonds is 7. The number of hydrogen-bond donors (Lipinski definition) is 3. The zero-order valence-corrected chi connectivity index (χ0v) is 11.4. The molecule has 0 saturated heterocycles. The minimum atomic E-state index is -0.570. The third-order valence-corrected chi connectivity index (χ3v) is 3.19. The number of benzene rings is 1. The van der Waals surface area contributed by atoms with Crippen LogP contribution in [-0.2, 0) is 13.0 Å². The molecule has 0 bridgehead atoms. The van der Waals surface area contributed by atoms with Crippen LogP contribution in [0.5, 0.6) is 0 Å². The number of aliphatic hydroxyl groups is 1. The molecule has 0 aliphatic rings. The van der Waals surface area contributed by atoms with Crippen molar-refractivity contribution >= 4 is 0 Å². The molecule has 2 rings (SSSR count). The van der Waals surface area contributed by atoms with Crippen molar-refractivity contribution < 1.29 is 5.11 Å². The van der Waals surface area contributed by atoms with Gasteiger partial charge in [0.2, 0.25) is 0 Å². The van der Waals surface area contributed by atoms with Crippen molar-refractivity contribution in [3.8, 4) is 0 Å². The summed E-state index contributed by atoms with van der Waals surface area (Å²) in [5.74, 6) is 0. The highest BCUT2D eigenvalue weighted by Crippen LogP contribution is 2.04. The first-order chi connectivity index (χ1) is 9.75. The van der Waals surface area contributed by atoms with E-state index in [9.17, 15) is 5.11 Å². The van der Waals surface area contributed by atoms with Gasteiger partial charge in [-0.15, -0.1) is 0 Å². The second-order valence-electron chi connectivity index (χ2n) is 4.87. The number of aliphatic hydroxyl groups excluding tert-OH is 1. The zero-order valence-electron chi connectivity index (χ0n) is 11.4. The molecule has 20 heavy (non-hydrogen) atoms. The van der Waals surface area contributed by atoms with Crippen molar-refractivity contribution in [3.63, 3.8) is 0 Å².